The van der Waals surface area contributed by atoms with E-state index in [2.05, 4.69) is 15.4 Å². The van der Waals surface area contributed by atoms with Gasteiger partial charge in [0, 0.05) is 12.5 Å². The quantitative estimate of drug-likeness (QED) is 0.836. The van der Waals surface area contributed by atoms with Gasteiger partial charge in [0.1, 0.15) is 0 Å². The summed E-state index contributed by atoms with van der Waals surface area (Å²) in [5.74, 6) is -0.581. The first-order valence-corrected chi connectivity index (χ1v) is 6.89. The van der Waals surface area contributed by atoms with Crippen molar-refractivity contribution < 1.29 is 14.3 Å². The third-order valence-electron chi connectivity index (χ3n) is 3.26. The highest BCUT2D eigenvalue weighted by molar-refractivity contribution is 6.33. The summed E-state index contributed by atoms with van der Waals surface area (Å²) in [6.45, 7) is 0.955. The average Bonchev–Trinajstić information content (AvgIpc) is 2.93. The summed E-state index contributed by atoms with van der Waals surface area (Å²) in [5, 5.41) is 6.39. The zero-order valence-corrected chi connectivity index (χ0v) is 12.0. The normalized spacial score (nSPS) is 17.8. The van der Waals surface area contributed by atoms with E-state index in [-0.39, 0.29) is 11.9 Å². The molecule has 20 heavy (non-hydrogen) atoms. The summed E-state index contributed by atoms with van der Waals surface area (Å²) in [5.41, 5.74) is 0.781. The number of rotatable bonds is 4. The van der Waals surface area contributed by atoms with Crippen LogP contribution in [0, 0.1) is 0 Å². The molecule has 1 amide bonds. The fourth-order valence-electron chi connectivity index (χ4n) is 2.22. The van der Waals surface area contributed by atoms with Crippen molar-refractivity contribution in [1.29, 1.82) is 0 Å². The van der Waals surface area contributed by atoms with Crippen LogP contribution in [0.1, 0.15) is 29.6 Å². The Balaban J connectivity index is 2.03. The summed E-state index contributed by atoms with van der Waals surface area (Å²) in [4.78, 5) is 23.4. The van der Waals surface area contributed by atoms with Gasteiger partial charge in [0.25, 0.3) is 0 Å². The highest BCUT2D eigenvalue weighted by Crippen LogP contribution is 2.24. The molecule has 2 N–H and O–H groups in total. The van der Waals surface area contributed by atoms with Crippen LogP contribution in [-0.2, 0) is 9.53 Å². The van der Waals surface area contributed by atoms with E-state index in [9.17, 15) is 9.59 Å². The minimum Gasteiger partial charge on any atom is -0.465 e. The number of esters is 1. The Bertz CT molecular complexity index is 513. The summed E-state index contributed by atoms with van der Waals surface area (Å²) in [7, 11) is 1.31. The number of benzene rings is 1. The van der Waals surface area contributed by atoms with Crippen molar-refractivity contribution in [3.63, 3.8) is 0 Å². The fourth-order valence-corrected chi connectivity index (χ4v) is 2.39. The first-order chi connectivity index (χ1) is 9.60. The van der Waals surface area contributed by atoms with Gasteiger partial charge in [-0.05, 0) is 37.6 Å². The molecule has 1 aromatic carbocycles. The van der Waals surface area contributed by atoms with Gasteiger partial charge in [0.2, 0.25) is 5.91 Å². The highest BCUT2D eigenvalue weighted by Gasteiger charge is 2.18. The highest BCUT2D eigenvalue weighted by atomic mass is 35.5. The van der Waals surface area contributed by atoms with Crippen molar-refractivity contribution in [2.75, 3.05) is 19.0 Å². The molecule has 6 heteroatoms. The van der Waals surface area contributed by atoms with Crippen LogP contribution in [0.3, 0.4) is 0 Å². The van der Waals surface area contributed by atoms with Crippen molar-refractivity contribution in [3.8, 4) is 0 Å². The standard InChI is InChI=1S/C14H17ClN2O3/c1-20-14(19)9-4-5-11(15)12(7-9)17-13(18)8-10-3-2-6-16-10/h4-5,7,10,16H,2-3,6,8H2,1H3,(H,17,18). The van der Waals surface area contributed by atoms with E-state index < -0.39 is 5.97 Å². The Morgan fingerprint density at radius 3 is 2.95 bits per heavy atom. The Morgan fingerprint density at radius 1 is 1.50 bits per heavy atom. The average molecular weight is 297 g/mol. The van der Waals surface area contributed by atoms with E-state index in [4.69, 9.17) is 11.6 Å². The molecule has 0 spiro atoms. The van der Waals surface area contributed by atoms with Gasteiger partial charge >= 0.3 is 5.97 Å². The number of anilines is 1. The molecule has 2 rings (SSSR count). The topological polar surface area (TPSA) is 67.4 Å². The van der Waals surface area contributed by atoms with Crippen LogP contribution in [-0.4, -0.2) is 31.6 Å². The van der Waals surface area contributed by atoms with E-state index in [0.29, 0.717) is 22.7 Å². The lowest BCUT2D eigenvalue weighted by Gasteiger charge is -2.12. The van der Waals surface area contributed by atoms with Gasteiger partial charge in [0.05, 0.1) is 23.4 Å². The second-order valence-corrected chi connectivity index (χ2v) is 5.14. The maximum atomic E-state index is 11.9. The molecule has 0 aromatic heterocycles. The maximum absolute atomic E-state index is 11.9. The lowest BCUT2D eigenvalue weighted by Crippen LogP contribution is -2.27. The van der Waals surface area contributed by atoms with Crippen molar-refractivity contribution in [2.45, 2.75) is 25.3 Å². The summed E-state index contributed by atoms with van der Waals surface area (Å²) in [6.07, 6.45) is 2.50. The molecule has 5 nitrogen and oxygen atoms in total. The first kappa shape index (κ1) is 14.8. The molecule has 1 atom stereocenters. The van der Waals surface area contributed by atoms with Crippen molar-refractivity contribution in [1.82, 2.24) is 5.32 Å². The number of ether oxygens (including phenoxy) is 1. The van der Waals surface area contributed by atoms with Crippen LogP contribution < -0.4 is 10.6 Å². The lowest BCUT2D eigenvalue weighted by molar-refractivity contribution is -0.116. The number of methoxy groups -OCH3 is 1. The number of halogens is 1. The van der Waals surface area contributed by atoms with Crippen LogP contribution >= 0.6 is 11.6 Å². The molecule has 0 saturated carbocycles. The van der Waals surface area contributed by atoms with Crippen molar-refractivity contribution in [3.05, 3.63) is 28.8 Å². The monoisotopic (exact) mass is 296 g/mol. The van der Waals surface area contributed by atoms with Crippen LogP contribution in [0.5, 0.6) is 0 Å². The molecule has 1 unspecified atom stereocenters. The number of nitrogens with one attached hydrogen (secondary N) is 2. The van der Waals surface area contributed by atoms with Gasteiger partial charge in [-0.1, -0.05) is 11.6 Å². The van der Waals surface area contributed by atoms with E-state index in [1.54, 1.807) is 12.1 Å². The third-order valence-corrected chi connectivity index (χ3v) is 3.59. The maximum Gasteiger partial charge on any atom is 0.337 e. The summed E-state index contributed by atoms with van der Waals surface area (Å²) < 4.78 is 4.64. The van der Waals surface area contributed by atoms with E-state index in [1.165, 1.54) is 13.2 Å². The Hall–Kier alpha value is -1.59. The third kappa shape index (κ3) is 3.71. The van der Waals surface area contributed by atoms with Crippen molar-refractivity contribution in [2.24, 2.45) is 0 Å². The van der Waals surface area contributed by atoms with E-state index >= 15 is 0 Å². The lowest BCUT2D eigenvalue weighted by atomic mass is 10.1. The fraction of sp³-hybridized carbons (Fsp3) is 0.429. The smallest absolute Gasteiger partial charge is 0.337 e. The number of hydrogen-bond donors (Lipinski definition) is 2. The first-order valence-electron chi connectivity index (χ1n) is 6.51. The van der Waals surface area contributed by atoms with Crippen LogP contribution in [0.25, 0.3) is 0 Å². The summed E-state index contributed by atoms with van der Waals surface area (Å²) >= 11 is 6.02. The molecule has 1 aromatic rings. The number of amides is 1. The Morgan fingerprint density at radius 2 is 2.30 bits per heavy atom. The van der Waals surface area contributed by atoms with Crippen LogP contribution in [0.4, 0.5) is 5.69 Å². The Kier molecular flexibility index (Phi) is 4.98. The minimum absolute atomic E-state index is 0.117. The predicted molar refractivity (Wildman–Crippen MR) is 77.1 cm³/mol. The van der Waals surface area contributed by atoms with Gasteiger partial charge in [-0.3, -0.25) is 4.79 Å². The molecular weight excluding hydrogens is 280 g/mol. The van der Waals surface area contributed by atoms with Gasteiger partial charge < -0.3 is 15.4 Å². The second-order valence-electron chi connectivity index (χ2n) is 4.73. The zero-order chi connectivity index (χ0) is 14.5. The molecule has 1 heterocycles. The van der Waals surface area contributed by atoms with Gasteiger partial charge in [-0.25, -0.2) is 4.79 Å². The van der Waals surface area contributed by atoms with Crippen molar-refractivity contribution >= 4 is 29.2 Å². The SMILES string of the molecule is COC(=O)c1ccc(Cl)c(NC(=O)CC2CCCN2)c1. The predicted octanol–water partition coefficient (Wildman–Crippen LogP) is 2.21. The molecule has 0 bridgehead atoms. The largest absolute Gasteiger partial charge is 0.465 e. The number of carbonyl (C=O) groups excluding carboxylic acids is 2. The molecular formula is C14H17ClN2O3. The van der Waals surface area contributed by atoms with Gasteiger partial charge in [0.15, 0.2) is 0 Å². The molecule has 1 aliphatic heterocycles. The summed E-state index contributed by atoms with van der Waals surface area (Å²) in [6, 6.07) is 4.87. The number of carbonyl (C=O) groups is 2. The van der Waals surface area contributed by atoms with Gasteiger partial charge in [-0.2, -0.15) is 0 Å². The minimum atomic E-state index is -0.463. The van der Waals surface area contributed by atoms with Gasteiger partial charge in [-0.15, -0.1) is 0 Å². The second kappa shape index (κ2) is 6.72. The molecule has 1 fully saturated rings. The molecule has 0 radical (unpaired) electrons. The Labute approximate surface area is 122 Å². The molecule has 0 aliphatic carbocycles. The molecule has 1 aliphatic rings. The van der Waals surface area contributed by atoms with Crippen LogP contribution in [0.2, 0.25) is 5.02 Å². The van der Waals surface area contributed by atoms with E-state index in [1.807, 2.05) is 0 Å². The molecule has 108 valence electrons. The number of hydrogen-bond acceptors (Lipinski definition) is 4. The molecule has 1 saturated heterocycles. The van der Waals surface area contributed by atoms with E-state index in [0.717, 1.165) is 19.4 Å². The zero-order valence-electron chi connectivity index (χ0n) is 11.2. The van der Waals surface area contributed by atoms with Crippen LogP contribution in [0.15, 0.2) is 18.2 Å².